The zero-order chi connectivity index (χ0) is 12.9. The van der Waals surface area contributed by atoms with Gasteiger partial charge in [0.05, 0.1) is 5.56 Å². The molecule has 0 aliphatic rings. The Morgan fingerprint density at radius 2 is 1.76 bits per heavy atom. The zero-order valence-corrected chi connectivity index (χ0v) is 10.4. The van der Waals surface area contributed by atoms with Crippen molar-refractivity contribution in [1.82, 2.24) is 0 Å². The van der Waals surface area contributed by atoms with Crippen molar-refractivity contribution in [1.29, 1.82) is 0 Å². The molecule has 0 spiro atoms. The number of rotatable bonds is 5. The van der Waals surface area contributed by atoms with Gasteiger partial charge in [-0.15, -0.1) is 0 Å². The Labute approximate surface area is 102 Å². The van der Waals surface area contributed by atoms with Crippen molar-refractivity contribution in [3.05, 3.63) is 29.8 Å². The van der Waals surface area contributed by atoms with E-state index < -0.39 is 5.54 Å². The summed E-state index contributed by atoms with van der Waals surface area (Å²) < 4.78 is 5.21. The molecule has 0 unspecified atom stereocenters. The number of esters is 1. The molecule has 4 nitrogen and oxygen atoms in total. The number of anilines is 1. The molecule has 94 valence electrons. The van der Waals surface area contributed by atoms with Gasteiger partial charge in [-0.05, 0) is 37.1 Å². The molecule has 0 aliphatic heterocycles. The maximum atomic E-state index is 11.7. The summed E-state index contributed by atoms with van der Waals surface area (Å²) in [5, 5.41) is 0. The maximum absolute atomic E-state index is 11.7. The van der Waals surface area contributed by atoms with E-state index >= 15 is 0 Å². The third-order valence-corrected chi connectivity index (χ3v) is 3.05. The van der Waals surface area contributed by atoms with E-state index in [1.54, 1.807) is 24.3 Å². The van der Waals surface area contributed by atoms with Gasteiger partial charge in [0, 0.05) is 11.2 Å². The van der Waals surface area contributed by atoms with Crippen LogP contribution >= 0.6 is 0 Å². The second-order valence-corrected chi connectivity index (χ2v) is 4.27. The lowest BCUT2D eigenvalue weighted by atomic mass is 9.96. The summed E-state index contributed by atoms with van der Waals surface area (Å²) in [5.41, 5.74) is 12.3. The summed E-state index contributed by atoms with van der Waals surface area (Å²) >= 11 is 0. The minimum Gasteiger partial charge on any atom is -0.460 e. The maximum Gasteiger partial charge on any atom is 0.338 e. The van der Waals surface area contributed by atoms with E-state index in [-0.39, 0.29) is 12.6 Å². The van der Waals surface area contributed by atoms with E-state index in [1.165, 1.54) is 0 Å². The minimum absolute atomic E-state index is 0.239. The van der Waals surface area contributed by atoms with E-state index in [1.807, 2.05) is 13.8 Å². The van der Waals surface area contributed by atoms with Crippen molar-refractivity contribution < 1.29 is 9.53 Å². The highest BCUT2D eigenvalue weighted by molar-refractivity contribution is 5.89. The van der Waals surface area contributed by atoms with E-state index in [0.29, 0.717) is 11.3 Å². The van der Waals surface area contributed by atoms with Gasteiger partial charge in [-0.3, -0.25) is 0 Å². The highest BCUT2D eigenvalue weighted by atomic mass is 16.5. The van der Waals surface area contributed by atoms with E-state index in [4.69, 9.17) is 16.2 Å². The highest BCUT2D eigenvalue weighted by Crippen LogP contribution is 2.13. The predicted molar refractivity (Wildman–Crippen MR) is 68.6 cm³/mol. The SMILES string of the molecule is CCC(N)(CC)COC(=O)c1ccc(N)cc1. The van der Waals surface area contributed by atoms with E-state index in [2.05, 4.69) is 0 Å². The number of nitrogen functional groups attached to an aromatic ring is 1. The molecule has 17 heavy (non-hydrogen) atoms. The molecule has 0 saturated heterocycles. The predicted octanol–water partition coefficient (Wildman–Crippen LogP) is 1.94. The number of nitrogens with two attached hydrogens (primary N) is 2. The van der Waals surface area contributed by atoms with Gasteiger partial charge >= 0.3 is 5.97 Å². The number of carbonyl (C=O) groups is 1. The normalized spacial score (nSPS) is 11.2. The number of hydrogen-bond donors (Lipinski definition) is 2. The molecule has 0 saturated carbocycles. The standard InChI is InChI=1S/C13H20N2O2/c1-3-13(15,4-2)9-17-12(16)10-5-7-11(14)8-6-10/h5-8H,3-4,9,14-15H2,1-2H3. The van der Waals surface area contributed by atoms with Gasteiger partial charge in [0.1, 0.15) is 6.61 Å². The lowest BCUT2D eigenvalue weighted by molar-refractivity contribution is 0.0397. The molecule has 4 N–H and O–H groups in total. The van der Waals surface area contributed by atoms with Gasteiger partial charge < -0.3 is 16.2 Å². The first-order valence-corrected chi connectivity index (χ1v) is 5.82. The minimum atomic E-state index is -0.427. The smallest absolute Gasteiger partial charge is 0.338 e. The van der Waals surface area contributed by atoms with Crippen LogP contribution in [0.15, 0.2) is 24.3 Å². The summed E-state index contributed by atoms with van der Waals surface area (Å²) in [7, 11) is 0. The van der Waals surface area contributed by atoms with Crippen LogP contribution in [0, 0.1) is 0 Å². The molecule has 1 rings (SSSR count). The molecule has 0 aliphatic carbocycles. The van der Waals surface area contributed by atoms with Crippen LogP contribution in [0.1, 0.15) is 37.0 Å². The van der Waals surface area contributed by atoms with Gasteiger partial charge in [0.2, 0.25) is 0 Å². The molecule has 1 aromatic rings. The van der Waals surface area contributed by atoms with Crippen LogP contribution in [0.5, 0.6) is 0 Å². The molecule has 0 fully saturated rings. The molecular weight excluding hydrogens is 216 g/mol. The molecule has 0 heterocycles. The van der Waals surface area contributed by atoms with Crippen LogP contribution in [0.3, 0.4) is 0 Å². The summed E-state index contributed by atoms with van der Waals surface area (Å²) in [6, 6.07) is 6.64. The number of hydrogen-bond acceptors (Lipinski definition) is 4. The van der Waals surface area contributed by atoms with Crippen molar-refractivity contribution in [3.8, 4) is 0 Å². The molecule has 0 aromatic heterocycles. The Morgan fingerprint density at radius 3 is 2.24 bits per heavy atom. The Balaban J connectivity index is 2.58. The average Bonchev–Trinajstić information content (AvgIpc) is 2.36. The van der Waals surface area contributed by atoms with Crippen molar-refractivity contribution in [2.24, 2.45) is 5.73 Å². The van der Waals surface area contributed by atoms with Gasteiger partial charge in [0.25, 0.3) is 0 Å². The number of ether oxygens (including phenoxy) is 1. The van der Waals surface area contributed by atoms with Crippen LogP contribution < -0.4 is 11.5 Å². The first-order chi connectivity index (χ1) is 8.00. The van der Waals surface area contributed by atoms with Gasteiger partial charge in [-0.2, -0.15) is 0 Å². The molecule has 0 amide bonds. The molecule has 0 radical (unpaired) electrons. The Hall–Kier alpha value is -1.55. The number of carbonyl (C=O) groups excluding carboxylic acids is 1. The zero-order valence-electron chi connectivity index (χ0n) is 10.4. The molecular formula is C13H20N2O2. The lowest BCUT2D eigenvalue weighted by Crippen LogP contribution is -2.43. The molecule has 0 atom stereocenters. The summed E-state index contributed by atoms with van der Waals surface area (Å²) in [6.45, 7) is 4.21. The Bertz CT molecular complexity index is 370. The van der Waals surface area contributed by atoms with Gasteiger partial charge in [-0.1, -0.05) is 13.8 Å². The van der Waals surface area contributed by atoms with Crippen molar-refractivity contribution in [2.45, 2.75) is 32.2 Å². The van der Waals surface area contributed by atoms with Crippen LogP contribution in [0.4, 0.5) is 5.69 Å². The topological polar surface area (TPSA) is 78.3 Å². The van der Waals surface area contributed by atoms with Crippen molar-refractivity contribution >= 4 is 11.7 Å². The second-order valence-electron chi connectivity index (χ2n) is 4.27. The third kappa shape index (κ3) is 3.75. The largest absolute Gasteiger partial charge is 0.460 e. The summed E-state index contributed by atoms with van der Waals surface area (Å²) in [5.74, 6) is -0.360. The summed E-state index contributed by atoms with van der Waals surface area (Å²) in [6.07, 6.45) is 1.55. The first kappa shape index (κ1) is 13.5. The number of benzene rings is 1. The van der Waals surface area contributed by atoms with Crippen LogP contribution in [0.2, 0.25) is 0 Å². The van der Waals surface area contributed by atoms with E-state index in [0.717, 1.165) is 12.8 Å². The fraction of sp³-hybridized carbons (Fsp3) is 0.462. The monoisotopic (exact) mass is 236 g/mol. The second kappa shape index (κ2) is 5.68. The fourth-order valence-electron chi connectivity index (χ4n) is 1.37. The Kier molecular flexibility index (Phi) is 4.52. The van der Waals surface area contributed by atoms with Crippen LogP contribution in [-0.4, -0.2) is 18.1 Å². The van der Waals surface area contributed by atoms with Gasteiger partial charge in [-0.25, -0.2) is 4.79 Å². The van der Waals surface area contributed by atoms with Gasteiger partial charge in [0.15, 0.2) is 0 Å². The summed E-state index contributed by atoms with van der Waals surface area (Å²) in [4.78, 5) is 11.7. The lowest BCUT2D eigenvalue weighted by Gasteiger charge is -2.25. The highest BCUT2D eigenvalue weighted by Gasteiger charge is 2.22. The Morgan fingerprint density at radius 1 is 1.24 bits per heavy atom. The molecule has 0 bridgehead atoms. The van der Waals surface area contributed by atoms with Crippen molar-refractivity contribution in [2.75, 3.05) is 12.3 Å². The first-order valence-electron chi connectivity index (χ1n) is 5.82. The van der Waals surface area contributed by atoms with E-state index in [9.17, 15) is 4.79 Å². The third-order valence-electron chi connectivity index (χ3n) is 3.05. The molecule has 1 aromatic carbocycles. The average molecular weight is 236 g/mol. The quantitative estimate of drug-likeness (QED) is 0.605. The molecule has 4 heteroatoms. The van der Waals surface area contributed by atoms with Crippen molar-refractivity contribution in [3.63, 3.8) is 0 Å². The van der Waals surface area contributed by atoms with Crippen LogP contribution in [0.25, 0.3) is 0 Å². The fourth-order valence-corrected chi connectivity index (χ4v) is 1.37. The van der Waals surface area contributed by atoms with Crippen LogP contribution in [-0.2, 0) is 4.74 Å².